The molecule has 0 amide bonds. The number of aromatic nitrogens is 1. The van der Waals surface area contributed by atoms with Crippen molar-refractivity contribution in [1.82, 2.24) is 9.29 Å². The third-order valence-corrected chi connectivity index (χ3v) is 8.59. The maximum Gasteiger partial charge on any atom is 0.416 e. The fraction of sp³-hybridized carbons (Fsp3) is 0.455. The Morgan fingerprint density at radius 2 is 1.79 bits per heavy atom. The molecule has 0 aliphatic carbocycles. The monoisotopic (exact) mass is 501 g/mol. The lowest BCUT2D eigenvalue weighted by Gasteiger charge is -2.38. The summed E-state index contributed by atoms with van der Waals surface area (Å²) in [5.74, 6) is 4.31. The molecule has 1 aromatic carbocycles. The van der Waals surface area contributed by atoms with Crippen LogP contribution in [-0.4, -0.2) is 47.6 Å². The van der Waals surface area contributed by atoms with Gasteiger partial charge in [-0.1, -0.05) is 13.0 Å². The van der Waals surface area contributed by atoms with Crippen molar-refractivity contribution in [1.29, 1.82) is 0 Å². The molecule has 1 fully saturated rings. The summed E-state index contributed by atoms with van der Waals surface area (Å²) < 4.78 is 70.5. The van der Waals surface area contributed by atoms with E-state index in [9.17, 15) is 26.4 Å². The van der Waals surface area contributed by atoms with E-state index in [1.54, 1.807) is 25.1 Å². The first-order chi connectivity index (χ1) is 16.0. The van der Waals surface area contributed by atoms with Crippen molar-refractivity contribution in [3.05, 3.63) is 59.9 Å². The zero-order valence-corrected chi connectivity index (χ0v) is 19.3. The van der Waals surface area contributed by atoms with Gasteiger partial charge in [-0.2, -0.15) is 19.1 Å². The fourth-order valence-corrected chi connectivity index (χ4v) is 6.12. The van der Waals surface area contributed by atoms with Crippen LogP contribution in [0.15, 0.2) is 48.7 Å². The minimum Gasteiger partial charge on any atom is -0.490 e. The molecular formula is C22H26F3N3O5S. The van der Waals surface area contributed by atoms with Gasteiger partial charge in [0, 0.05) is 31.4 Å². The molecule has 0 radical (unpaired) electrons. The number of hydrogen-bond donors (Lipinski definition) is 1. The maximum absolute atomic E-state index is 13.6. The number of piperidine rings is 1. The van der Waals surface area contributed by atoms with Gasteiger partial charge in [-0.25, -0.2) is 17.5 Å². The maximum atomic E-state index is 13.6. The number of ether oxygens (including phenoxy) is 1. The molecule has 34 heavy (non-hydrogen) atoms. The van der Waals surface area contributed by atoms with E-state index in [1.807, 2.05) is 0 Å². The summed E-state index contributed by atoms with van der Waals surface area (Å²) in [5.41, 5.74) is -0.379. The van der Waals surface area contributed by atoms with Crippen molar-refractivity contribution in [2.45, 2.75) is 49.6 Å². The average Bonchev–Trinajstić information content (AvgIpc) is 2.82. The number of carbonyl (C=O) groups excluding carboxylic acids is 1. The zero-order chi connectivity index (χ0) is 25.0. The van der Waals surface area contributed by atoms with Gasteiger partial charge in [-0.05, 0) is 55.7 Å². The van der Waals surface area contributed by atoms with Crippen LogP contribution in [0.4, 0.5) is 13.2 Å². The molecule has 1 aromatic heterocycles. The highest BCUT2D eigenvalue weighted by Crippen LogP contribution is 2.34. The molecule has 2 heterocycles. The second-order valence-corrected chi connectivity index (χ2v) is 10.2. The lowest BCUT2D eigenvalue weighted by molar-refractivity contribution is -0.147. The molecule has 0 spiro atoms. The number of pyridine rings is 1. The van der Waals surface area contributed by atoms with Gasteiger partial charge in [-0.15, -0.1) is 0 Å². The number of nitrogens with zero attached hydrogens (tertiary/aromatic N) is 2. The fourth-order valence-electron chi connectivity index (χ4n) is 3.98. The predicted octanol–water partition coefficient (Wildman–Crippen LogP) is 3.08. The van der Waals surface area contributed by atoms with E-state index in [2.05, 4.69) is 9.82 Å². The van der Waals surface area contributed by atoms with Gasteiger partial charge in [0.1, 0.15) is 11.9 Å². The lowest BCUT2D eigenvalue weighted by atomic mass is 9.99. The van der Waals surface area contributed by atoms with Gasteiger partial charge in [0.25, 0.3) is 0 Å². The van der Waals surface area contributed by atoms with E-state index in [0.717, 1.165) is 12.1 Å². The Morgan fingerprint density at radius 1 is 1.15 bits per heavy atom. The molecule has 8 nitrogen and oxygen atoms in total. The van der Waals surface area contributed by atoms with Crippen LogP contribution in [0.25, 0.3) is 0 Å². The SMILES string of the molecule is CCC(Cc1ccccn1)(C(=O)ON)S(=O)(=O)N1CCC(Oc2ccc(C(F)(F)F)cc2)CC1. The number of benzene rings is 1. The number of carbonyl (C=O) groups is 1. The third-order valence-electron chi connectivity index (χ3n) is 5.96. The molecule has 1 aliphatic heterocycles. The molecule has 1 unspecified atom stereocenters. The first kappa shape index (κ1) is 25.9. The number of halogens is 3. The van der Waals surface area contributed by atoms with E-state index < -0.39 is 38.6 Å². The van der Waals surface area contributed by atoms with Gasteiger partial charge in [0.2, 0.25) is 10.0 Å². The minimum atomic E-state index is -4.44. The molecular weight excluding hydrogens is 475 g/mol. The van der Waals surface area contributed by atoms with Crippen LogP contribution in [-0.2, 0) is 32.3 Å². The summed E-state index contributed by atoms with van der Waals surface area (Å²) in [7, 11) is -4.21. The van der Waals surface area contributed by atoms with E-state index >= 15 is 0 Å². The summed E-state index contributed by atoms with van der Waals surface area (Å²) in [6.07, 6.45) is -3.03. The number of sulfonamides is 1. The topological polar surface area (TPSA) is 112 Å². The molecule has 12 heteroatoms. The zero-order valence-electron chi connectivity index (χ0n) is 18.5. The molecule has 2 aromatic rings. The van der Waals surface area contributed by atoms with E-state index in [1.165, 1.54) is 22.6 Å². The van der Waals surface area contributed by atoms with Crippen LogP contribution >= 0.6 is 0 Å². The number of rotatable bonds is 8. The van der Waals surface area contributed by atoms with Crippen LogP contribution in [0, 0.1) is 0 Å². The van der Waals surface area contributed by atoms with Crippen molar-refractivity contribution in [2.75, 3.05) is 13.1 Å². The molecule has 0 bridgehead atoms. The molecule has 186 valence electrons. The van der Waals surface area contributed by atoms with E-state index in [-0.39, 0.29) is 31.7 Å². The molecule has 1 atom stereocenters. The first-order valence-electron chi connectivity index (χ1n) is 10.7. The Balaban J connectivity index is 1.73. The first-order valence-corrected chi connectivity index (χ1v) is 12.1. The van der Waals surface area contributed by atoms with Crippen molar-refractivity contribution in [2.24, 2.45) is 5.90 Å². The molecule has 1 aliphatic rings. The van der Waals surface area contributed by atoms with E-state index in [0.29, 0.717) is 18.5 Å². The second kappa shape index (κ2) is 10.3. The van der Waals surface area contributed by atoms with Crippen molar-refractivity contribution in [3.63, 3.8) is 0 Å². The van der Waals surface area contributed by atoms with Gasteiger partial charge in [0.05, 0.1) is 5.56 Å². The van der Waals surface area contributed by atoms with Gasteiger partial charge in [0.15, 0.2) is 4.75 Å². The van der Waals surface area contributed by atoms with Crippen molar-refractivity contribution < 1.29 is 36.0 Å². The Labute approximate surface area is 195 Å². The highest BCUT2D eigenvalue weighted by Gasteiger charge is 2.54. The second-order valence-electron chi connectivity index (χ2n) is 7.99. The highest BCUT2D eigenvalue weighted by atomic mass is 32.2. The van der Waals surface area contributed by atoms with E-state index in [4.69, 9.17) is 10.6 Å². The third kappa shape index (κ3) is 5.34. The standard InChI is InChI=1S/C22H26F3N3O5S/c1-2-21(20(29)33-26,15-17-5-3-4-12-27-17)34(30,31)28-13-10-19(11-14-28)32-18-8-6-16(7-9-18)22(23,24)25/h3-9,12,19H,2,10-11,13-15,26H2,1H3. The van der Waals surface area contributed by atoms with Gasteiger partial charge >= 0.3 is 12.1 Å². The van der Waals surface area contributed by atoms with Gasteiger partial charge in [-0.3, -0.25) is 4.98 Å². The number of nitrogens with two attached hydrogens (primary N) is 1. The molecule has 2 N–H and O–H groups in total. The number of hydrogen-bond acceptors (Lipinski definition) is 7. The lowest BCUT2D eigenvalue weighted by Crippen LogP contribution is -2.57. The largest absolute Gasteiger partial charge is 0.490 e. The van der Waals surface area contributed by atoms with Crippen LogP contribution in [0.3, 0.4) is 0 Å². The van der Waals surface area contributed by atoms with Crippen LogP contribution in [0.5, 0.6) is 5.75 Å². The van der Waals surface area contributed by atoms with Gasteiger partial charge < -0.3 is 9.57 Å². The van der Waals surface area contributed by atoms with Crippen LogP contribution in [0.2, 0.25) is 0 Å². The molecule has 1 saturated heterocycles. The summed E-state index contributed by atoms with van der Waals surface area (Å²) in [5, 5.41) is 0. The molecule has 3 rings (SSSR count). The normalized spacial score (nSPS) is 17.7. The Hall–Kier alpha value is -2.70. The molecule has 0 saturated carbocycles. The predicted molar refractivity (Wildman–Crippen MR) is 117 cm³/mol. The highest BCUT2D eigenvalue weighted by molar-refractivity contribution is 7.91. The van der Waals surface area contributed by atoms with Crippen LogP contribution < -0.4 is 10.6 Å². The Bertz CT molecular complexity index is 1070. The van der Waals surface area contributed by atoms with Crippen LogP contribution in [0.1, 0.15) is 37.4 Å². The summed E-state index contributed by atoms with van der Waals surface area (Å²) in [6, 6.07) is 9.31. The Kier molecular flexibility index (Phi) is 7.84. The van der Waals surface area contributed by atoms with Crippen molar-refractivity contribution in [3.8, 4) is 5.75 Å². The average molecular weight is 502 g/mol. The minimum absolute atomic E-state index is 0.0649. The summed E-state index contributed by atoms with van der Waals surface area (Å²) in [6.45, 7) is 1.70. The number of alkyl halides is 3. The van der Waals surface area contributed by atoms with Crippen molar-refractivity contribution >= 4 is 16.0 Å². The summed E-state index contributed by atoms with van der Waals surface area (Å²) >= 11 is 0. The quantitative estimate of drug-likeness (QED) is 0.553. The Morgan fingerprint density at radius 3 is 2.29 bits per heavy atom. The summed E-state index contributed by atoms with van der Waals surface area (Å²) in [4.78, 5) is 21.2. The smallest absolute Gasteiger partial charge is 0.416 e.